The topological polar surface area (TPSA) is 27.0 Å². The van der Waals surface area contributed by atoms with Gasteiger partial charge in [-0.15, -0.1) is 0 Å². The van der Waals surface area contributed by atoms with Crippen molar-refractivity contribution in [3.8, 4) is 17.2 Å². The van der Waals surface area contributed by atoms with Gasteiger partial charge in [-0.2, -0.15) is 5.26 Å². The van der Waals surface area contributed by atoms with Crippen LogP contribution in [-0.4, -0.2) is 13.1 Å². The van der Waals surface area contributed by atoms with E-state index in [0.29, 0.717) is 0 Å². The first-order valence-corrected chi connectivity index (χ1v) is 9.08. The first-order valence-electron chi connectivity index (χ1n) is 9.08. The van der Waals surface area contributed by atoms with Crippen LogP contribution in [0.5, 0.6) is 0 Å². The summed E-state index contributed by atoms with van der Waals surface area (Å²) in [4.78, 5) is 2.38. The van der Waals surface area contributed by atoms with Crippen LogP contribution in [0.3, 0.4) is 0 Å². The van der Waals surface area contributed by atoms with E-state index in [1.54, 1.807) is 0 Å². The molecule has 0 bridgehead atoms. The summed E-state index contributed by atoms with van der Waals surface area (Å²) in [7, 11) is 0. The highest BCUT2D eigenvalue weighted by atomic mass is 15.1. The lowest BCUT2D eigenvalue weighted by Crippen LogP contribution is -2.30. The molecule has 1 aliphatic rings. The average Bonchev–Trinajstić information content (AvgIpc) is 2.62. The monoisotopic (exact) mass is 330 g/mol. The van der Waals surface area contributed by atoms with Crippen LogP contribution >= 0.6 is 0 Å². The minimum Gasteiger partial charge on any atom is -0.370 e. The summed E-state index contributed by atoms with van der Waals surface area (Å²) in [5, 5.41) is 9.83. The van der Waals surface area contributed by atoms with E-state index in [2.05, 4.69) is 61.7 Å². The molecule has 0 aliphatic carbocycles. The van der Waals surface area contributed by atoms with E-state index in [1.165, 1.54) is 36.0 Å². The molecule has 0 amide bonds. The second-order valence-corrected chi connectivity index (χ2v) is 7.12. The Balaban J connectivity index is 2.25. The molecule has 1 aliphatic heterocycles. The third kappa shape index (κ3) is 3.33. The first-order chi connectivity index (χ1) is 12.0. The Labute approximate surface area is 151 Å². The highest BCUT2D eigenvalue weighted by Gasteiger charge is 2.21. The lowest BCUT2D eigenvalue weighted by molar-refractivity contribution is 0.577. The fourth-order valence-corrected chi connectivity index (χ4v) is 3.84. The molecule has 0 aromatic heterocycles. The zero-order valence-electron chi connectivity index (χ0n) is 15.5. The van der Waals surface area contributed by atoms with Gasteiger partial charge in [0.05, 0.1) is 11.3 Å². The molecule has 1 heterocycles. The smallest absolute Gasteiger partial charge is 0.102 e. The van der Waals surface area contributed by atoms with Crippen molar-refractivity contribution < 1.29 is 0 Å². The predicted molar refractivity (Wildman–Crippen MR) is 107 cm³/mol. The number of benzene rings is 2. The number of nitrogens with zero attached hydrogens (tertiary/aromatic N) is 2. The summed E-state index contributed by atoms with van der Waals surface area (Å²) in [6, 6.07) is 13.3. The lowest BCUT2D eigenvalue weighted by atomic mass is 9.87. The van der Waals surface area contributed by atoms with Gasteiger partial charge in [0.1, 0.15) is 6.07 Å². The zero-order valence-corrected chi connectivity index (χ0v) is 15.5. The van der Waals surface area contributed by atoms with Crippen LogP contribution in [0.4, 0.5) is 5.69 Å². The molecule has 1 saturated heterocycles. The number of hydrogen-bond donors (Lipinski definition) is 0. The van der Waals surface area contributed by atoms with Gasteiger partial charge in [-0.1, -0.05) is 42.0 Å². The van der Waals surface area contributed by atoms with Crippen LogP contribution in [0.2, 0.25) is 0 Å². The highest BCUT2D eigenvalue weighted by molar-refractivity contribution is 5.87. The first kappa shape index (κ1) is 17.3. The molecule has 0 atom stereocenters. The van der Waals surface area contributed by atoms with Crippen molar-refractivity contribution in [3.05, 3.63) is 59.2 Å². The molecule has 2 nitrogen and oxygen atoms in total. The van der Waals surface area contributed by atoms with E-state index in [0.717, 1.165) is 41.0 Å². The minimum absolute atomic E-state index is 0.802. The van der Waals surface area contributed by atoms with Crippen molar-refractivity contribution >= 4 is 11.3 Å². The molecular weight excluding hydrogens is 304 g/mol. The number of aryl methyl sites for hydroxylation is 1. The summed E-state index contributed by atoms with van der Waals surface area (Å²) in [6.45, 7) is 12.5. The lowest BCUT2D eigenvalue weighted by Gasteiger charge is -2.31. The number of nitriles is 1. The molecule has 0 unspecified atom stereocenters. The highest BCUT2D eigenvalue weighted by Crippen LogP contribution is 2.38. The standard InChI is InChI=1S/C23H26N2/c1-16(2)23-18(4)21(15-24)22(25-12-6-5-7-13-25)14-20(23)19-10-8-17(3)9-11-19/h8-11,14H,1,5-7,12-13H2,2-4H3. The summed E-state index contributed by atoms with van der Waals surface area (Å²) in [5.74, 6) is 0. The Morgan fingerprint density at radius 3 is 2.28 bits per heavy atom. The van der Waals surface area contributed by atoms with E-state index < -0.39 is 0 Å². The van der Waals surface area contributed by atoms with Crippen molar-refractivity contribution in [3.63, 3.8) is 0 Å². The third-order valence-electron chi connectivity index (χ3n) is 5.15. The van der Waals surface area contributed by atoms with Gasteiger partial charge in [0.2, 0.25) is 0 Å². The molecule has 1 fully saturated rings. The summed E-state index contributed by atoms with van der Waals surface area (Å²) in [6.07, 6.45) is 3.68. The number of rotatable bonds is 3. The van der Waals surface area contributed by atoms with Gasteiger partial charge < -0.3 is 4.90 Å². The summed E-state index contributed by atoms with van der Waals surface area (Å²) < 4.78 is 0. The van der Waals surface area contributed by atoms with E-state index in [1.807, 2.05) is 6.92 Å². The largest absolute Gasteiger partial charge is 0.370 e. The SMILES string of the molecule is C=C(C)c1c(-c2ccc(C)cc2)cc(N2CCCCC2)c(C#N)c1C. The molecule has 0 saturated carbocycles. The zero-order chi connectivity index (χ0) is 18.0. The molecule has 25 heavy (non-hydrogen) atoms. The van der Waals surface area contributed by atoms with E-state index in [4.69, 9.17) is 0 Å². The van der Waals surface area contributed by atoms with E-state index in [9.17, 15) is 5.26 Å². The fraction of sp³-hybridized carbons (Fsp3) is 0.348. The van der Waals surface area contributed by atoms with Gasteiger partial charge in [-0.25, -0.2) is 0 Å². The van der Waals surface area contributed by atoms with Gasteiger partial charge in [0.15, 0.2) is 0 Å². The molecule has 0 radical (unpaired) electrons. The van der Waals surface area contributed by atoms with Crippen molar-refractivity contribution in [2.75, 3.05) is 18.0 Å². The Morgan fingerprint density at radius 1 is 1.08 bits per heavy atom. The maximum Gasteiger partial charge on any atom is 0.102 e. The van der Waals surface area contributed by atoms with Gasteiger partial charge in [-0.3, -0.25) is 0 Å². The minimum atomic E-state index is 0.802. The number of anilines is 1. The Hall–Kier alpha value is -2.53. The number of allylic oxidation sites excluding steroid dienone is 1. The fourth-order valence-electron chi connectivity index (χ4n) is 3.84. The third-order valence-corrected chi connectivity index (χ3v) is 5.15. The predicted octanol–water partition coefficient (Wildman–Crippen LogP) is 5.87. The van der Waals surface area contributed by atoms with Gasteiger partial charge in [-0.05, 0) is 68.4 Å². The van der Waals surface area contributed by atoms with Crippen LogP contribution in [0.1, 0.15) is 48.4 Å². The molecule has 2 aromatic carbocycles. The van der Waals surface area contributed by atoms with Gasteiger partial charge >= 0.3 is 0 Å². The summed E-state index contributed by atoms with van der Waals surface area (Å²) in [5.41, 5.74) is 8.68. The van der Waals surface area contributed by atoms with Gasteiger partial charge in [0.25, 0.3) is 0 Å². The van der Waals surface area contributed by atoms with Crippen molar-refractivity contribution in [1.29, 1.82) is 5.26 Å². The van der Waals surface area contributed by atoms with Crippen LogP contribution < -0.4 is 4.90 Å². The second-order valence-electron chi connectivity index (χ2n) is 7.12. The van der Waals surface area contributed by atoms with Crippen molar-refractivity contribution in [2.24, 2.45) is 0 Å². The van der Waals surface area contributed by atoms with Crippen molar-refractivity contribution in [1.82, 2.24) is 0 Å². The quantitative estimate of drug-likeness (QED) is 0.704. The van der Waals surface area contributed by atoms with E-state index >= 15 is 0 Å². The molecule has 2 aromatic rings. The molecule has 3 rings (SSSR count). The number of piperidine rings is 1. The Kier molecular flexibility index (Phi) is 4.95. The average molecular weight is 330 g/mol. The maximum atomic E-state index is 9.83. The van der Waals surface area contributed by atoms with E-state index in [-0.39, 0.29) is 0 Å². The van der Waals surface area contributed by atoms with Crippen LogP contribution in [0, 0.1) is 25.2 Å². The van der Waals surface area contributed by atoms with Crippen molar-refractivity contribution in [2.45, 2.75) is 40.0 Å². The second kappa shape index (κ2) is 7.15. The Morgan fingerprint density at radius 2 is 1.72 bits per heavy atom. The molecule has 0 N–H and O–H groups in total. The van der Waals surface area contributed by atoms with Gasteiger partial charge in [0, 0.05) is 13.1 Å². The Bertz CT molecular complexity index is 832. The van der Waals surface area contributed by atoms with Crippen LogP contribution in [-0.2, 0) is 0 Å². The summed E-state index contributed by atoms with van der Waals surface area (Å²) >= 11 is 0. The van der Waals surface area contributed by atoms with Crippen LogP contribution in [0.25, 0.3) is 16.7 Å². The normalized spacial score (nSPS) is 14.2. The maximum absolute atomic E-state index is 9.83. The molecular formula is C23H26N2. The molecule has 128 valence electrons. The molecule has 0 spiro atoms. The molecule has 2 heteroatoms. The number of hydrogen-bond acceptors (Lipinski definition) is 2. The van der Waals surface area contributed by atoms with Crippen LogP contribution in [0.15, 0.2) is 36.9 Å².